The summed E-state index contributed by atoms with van der Waals surface area (Å²) in [5.41, 5.74) is 0. The van der Waals surface area contributed by atoms with Crippen LogP contribution in [0, 0.1) is 0 Å². The van der Waals surface area contributed by atoms with E-state index < -0.39 is 0 Å². The van der Waals surface area contributed by atoms with Crippen molar-refractivity contribution in [3.8, 4) is 0 Å². The number of nitrogens with one attached hydrogen (secondary N) is 2. The average Bonchev–Trinajstić information content (AvgIpc) is 2.92. The molecule has 0 aromatic carbocycles. The number of carbonyl (C=O) groups excluding carboxylic acids is 3. The molecule has 1 aliphatic rings. The summed E-state index contributed by atoms with van der Waals surface area (Å²) in [6, 6.07) is 3.60. The monoisotopic (exact) mass is 309 g/mol. The summed E-state index contributed by atoms with van der Waals surface area (Å²) in [5, 5.41) is 7.39. The minimum atomic E-state index is -0.0954. The van der Waals surface area contributed by atoms with Crippen molar-refractivity contribution in [3.63, 3.8) is 0 Å². The van der Waals surface area contributed by atoms with Gasteiger partial charge in [0, 0.05) is 39.0 Å². The zero-order valence-electron chi connectivity index (χ0n) is 11.8. The number of rotatable bonds is 5. The smallest absolute Gasteiger partial charge is 0.261 e. The number of nitrogens with zero attached hydrogens (tertiary/aromatic N) is 1. The Morgan fingerprint density at radius 3 is 3.00 bits per heavy atom. The molecule has 0 spiro atoms. The van der Waals surface area contributed by atoms with Crippen LogP contribution in [0.15, 0.2) is 17.5 Å². The second kappa shape index (κ2) is 7.78. The maximum Gasteiger partial charge on any atom is 0.261 e. The van der Waals surface area contributed by atoms with Crippen molar-refractivity contribution in [1.29, 1.82) is 0 Å². The molecule has 21 heavy (non-hydrogen) atoms. The Labute approximate surface area is 127 Å². The maximum atomic E-state index is 12.0. The Hall–Kier alpha value is -1.89. The number of carbonyl (C=O) groups is 3. The van der Waals surface area contributed by atoms with Crippen LogP contribution in [0.5, 0.6) is 0 Å². The molecule has 2 heterocycles. The lowest BCUT2D eigenvalue weighted by Crippen LogP contribution is -2.34. The van der Waals surface area contributed by atoms with Gasteiger partial charge < -0.3 is 15.5 Å². The van der Waals surface area contributed by atoms with Gasteiger partial charge in [0.15, 0.2) is 0 Å². The van der Waals surface area contributed by atoms with E-state index in [-0.39, 0.29) is 17.7 Å². The molecule has 3 amide bonds. The van der Waals surface area contributed by atoms with Gasteiger partial charge in [-0.1, -0.05) is 6.07 Å². The van der Waals surface area contributed by atoms with Crippen molar-refractivity contribution in [3.05, 3.63) is 22.4 Å². The highest BCUT2D eigenvalue weighted by Crippen LogP contribution is 2.08. The summed E-state index contributed by atoms with van der Waals surface area (Å²) in [7, 11) is 0. The van der Waals surface area contributed by atoms with Crippen molar-refractivity contribution in [2.75, 3.05) is 26.2 Å². The topological polar surface area (TPSA) is 78.5 Å². The molecule has 2 N–H and O–H groups in total. The highest BCUT2D eigenvalue weighted by molar-refractivity contribution is 7.12. The fraction of sp³-hybridized carbons (Fsp3) is 0.500. The van der Waals surface area contributed by atoms with Crippen LogP contribution < -0.4 is 10.6 Å². The van der Waals surface area contributed by atoms with Crippen LogP contribution in [0.2, 0.25) is 0 Å². The molecule has 0 bridgehead atoms. The van der Waals surface area contributed by atoms with Crippen molar-refractivity contribution in [2.45, 2.75) is 19.3 Å². The first-order valence-corrected chi connectivity index (χ1v) is 7.91. The van der Waals surface area contributed by atoms with E-state index in [9.17, 15) is 14.4 Å². The molecule has 1 fully saturated rings. The lowest BCUT2D eigenvalue weighted by atomic mass is 10.2. The van der Waals surface area contributed by atoms with E-state index in [0.29, 0.717) is 50.3 Å². The Balaban J connectivity index is 1.65. The molecule has 0 atom stereocenters. The Bertz CT molecular complexity index is 502. The van der Waals surface area contributed by atoms with Crippen LogP contribution in [0.4, 0.5) is 0 Å². The molecule has 114 valence electrons. The highest BCUT2D eigenvalue weighted by Gasteiger charge is 2.17. The quantitative estimate of drug-likeness (QED) is 0.782. The average molecular weight is 309 g/mol. The van der Waals surface area contributed by atoms with Gasteiger partial charge in [0.25, 0.3) is 5.91 Å². The van der Waals surface area contributed by atoms with Crippen molar-refractivity contribution in [1.82, 2.24) is 15.5 Å². The molecule has 6 nitrogen and oxygen atoms in total. The fourth-order valence-corrected chi connectivity index (χ4v) is 2.75. The van der Waals surface area contributed by atoms with E-state index in [1.807, 2.05) is 11.4 Å². The molecule has 0 saturated carbocycles. The molecule has 2 rings (SSSR count). The molecule has 0 aliphatic carbocycles. The van der Waals surface area contributed by atoms with E-state index in [1.165, 1.54) is 11.3 Å². The molecule has 1 saturated heterocycles. The first-order chi connectivity index (χ1) is 10.2. The fourth-order valence-electron chi connectivity index (χ4n) is 2.11. The van der Waals surface area contributed by atoms with Gasteiger partial charge in [-0.25, -0.2) is 0 Å². The molecule has 7 heteroatoms. The summed E-state index contributed by atoms with van der Waals surface area (Å²) in [6.07, 6.45) is 1.35. The van der Waals surface area contributed by atoms with Gasteiger partial charge in [0.05, 0.1) is 4.88 Å². The minimum absolute atomic E-state index is 0.00601. The van der Waals surface area contributed by atoms with Gasteiger partial charge >= 0.3 is 0 Å². The summed E-state index contributed by atoms with van der Waals surface area (Å²) in [6.45, 7) is 2.03. The van der Waals surface area contributed by atoms with E-state index in [4.69, 9.17) is 0 Å². The van der Waals surface area contributed by atoms with Gasteiger partial charge in [-0.2, -0.15) is 0 Å². The number of thiophene rings is 1. The van der Waals surface area contributed by atoms with E-state index in [2.05, 4.69) is 10.6 Å². The predicted octanol–water partition coefficient (Wildman–Crippen LogP) is 0.607. The third-order valence-corrected chi connectivity index (χ3v) is 4.13. The Morgan fingerprint density at radius 1 is 1.38 bits per heavy atom. The largest absolute Gasteiger partial charge is 0.354 e. The molecule has 1 aromatic heterocycles. The number of hydrogen-bond acceptors (Lipinski definition) is 4. The lowest BCUT2D eigenvalue weighted by molar-refractivity contribution is -0.131. The molecule has 0 radical (unpaired) electrons. The van der Waals surface area contributed by atoms with Crippen LogP contribution >= 0.6 is 11.3 Å². The summed E-state index contributed by atoms with van der Waals surface area (Å²) < 4.78 is 0. The van der Waals surface area contributed by atoms with Gasteiger partial charge in [-0.15, -0.1) is 11.3 Å². The molecule has 1 aromatic rings. The normalized spacial score (nSPS) is 15.2. The Morgan fingerprint density at radius 2 is 2.24 bits per heavy atom. The van der Waals surface area contributed by atoms with Gasteiger partial charge in [0.1, 0.15) is 0 Å². The third kappa shape index (κ3) is 4.86. The molecular weight excluding hydrogens is 290 g/mol. The van der Waals surface area contributed by atoms with Crippen LogP contribution in [0.3, 0.4) is 0 Å². The van der Waals surface area contributed by atoms with Crippen molar-refractivity contribution >= 4 is 29.1 Å². The second-order valence-electron chi connectivity index (χ2n) is 4.82. The van der Waals surface area contributed by atoms with E-state index in [1.54, 1.807) is 11.0 Å². The maximum absolute atomic E-state index is 12.0. The standard InChI is InChI=1S/C14H19N3O3S/c18-12-5-8-17(9-7-15-12)13(19)4-1-6-16-14(20)11-3-2-10-21-11/h2-3,10H,1,4-9H2,(H,15,18)(H,16,20). The van der Waals surface area contributed by atoms with E-state index >= 15 is 0 Å². The van der Waals surface area contributed by atoms with Gasteiger partial charge in [-0.05, 0) is 17.9 Å². The van der Waals surface area contributed by atoms with Crippen LogP contribution in [0.1, 0.15) is 28.9 Å². The van der Waals surface area contributed by atoms with Crippen molar-refractivity contribution < 1.29 is 14.4 Å². The lowest BCUT2D eigenvalue weighted by Gasteiger charge is -2.19. The minimum Gasteiger partial charge on any atom is -0.354 e. The summed E-state index contributed by atoms with van der Waals surface area (Å²) >= 11 is 1.39. The zero-order valence-corrected chi connectivity index (χ0v) is 12.6. The summed E-state index contributed by atoms with van der Waals surface area (Å²) in [5.74, 6) is -0.0626. The first-order valence-electron chi connectivity index (χ1n) is 7.03. The first kappa shape index (κ1) is 15.5. The second-order valence-corrected chi connectivity index (χ2v) is 5.77. The predicted molar refractivity (Wildman–Crippen MR) is 80.1 cm³/mol. The van der Waals surface area contributed by atoms with E-state index in [0.717, 1.165) is 0 Å². The highest BCUT2D eigenvalue weighted by atomic mass is 32.1. The number of amides is 3. The SMILES string of the molecule is O=C1CCN(C(=O)CCCNC(=O)c2cccs2)CCN1. The molecular formula is C14H19N3O3S. The van der Waals surface area contributed by atoms with Crippen LogP contribution in [0.25, 0.3) is 0 Å². The number of hydrogen-bond donors (Lipinski definition) is 2. The Kier molecular flexibility index (Phi) is 5.74. The zero-order chi connectivity index (χ0) is 15.1. The van der Waals surface area contributed by atoms with Gasteiger partial charge in [-0.3, -0.25) is 14.4 Å². The summed E-state index contributed by atoms with van der Waals surface area (Å²) in [4.78, 5) is 37.3. The van der Waals surface area contributed by atoms with Crippen LogP contribution in [-0.4, -0.2) is 48.8 Å². The third-order valence-electron chi connectivity index (χ3n) is 3.26. The van der Waals surface area contributed by atoms with Crippen LogP contribution in [-0.2, 0) is 9.59 Å². The van der Waals surface area contributed by atoms with Crippen molar-refractivity contribution in [2.24, 2.45) is 0 Å². The molecule has 0 unspecified atom stereocenters. The molecule has 1 aliphatic heterocycles. The van der Waals surface area contributed by atoms with Gasteiger partial charge in [0.2, 0.25) is 11.8 Å².